The minimum atomic E-state index is -0.0149. The highest BCUT2D eigenvalue weighted by Gasteiger charge is 2.24. The molecule has 0 radical (unpaired) electrons. The number of aromatic nitrogens is 1. The molecule has 1 aromatic carbocycles. The van der Waals surface area contributed by atoms with Gasteiger partial charge in [0, 0.05) is 19.3 Å². The number of nitrogens with zero attached hydrogens (tertiary/aromatic N) is 2. The maximum absolute atomic E-state index is 5.97. The molecule has 0 saturated heterocycles. The first kappa shape index (κ1) is 15.8. The van der Waals surface area contributed by atoms with Crippen molar-refractivity contribution in [2.45, 2.75) is 19.1 Å². The van der Waals surface area contributed by atoms with Crippen molar-refractivity contribution < 1.29 is 9.47 Å². The molecule has 0 amide bonds. The van der Waals surface area contributed by atoms with E-state index in [-0.39, 0.29) is 6.10 Å². The van der Waals surface area contributed by atoms with Gasteiger partial charge in [0.1, 0.15) is 12.7 Å². The van der Waals surface area contributed by atoms with E-state index in [9.17, 15) is 0 Å². The zero-order valence-electron chi connectivity index (χ0n) is 13.2. The highest BCUT2D eigenvalue weighted by molar-refractivity contribution is 5.34. The van der Waals surface area contributed by atoms with Crippen molar-refractivity contribution in [2.75, 3.05) is 26.2 Å². The van der Waals surface area contributed by atoms with Crippen molar-refractivity contribution in [2.24, 2.45) is 5.73 Å². The van der Waals surface area contributed by atoms with Gasteiger partial charge in [0.05, 0.1) is 0 Å². The minimum absolute atomic E-state index is 0.0149. The molecule has 2 heterocycles. The highest BCUT2D eigenvalue weighted by Crippen LogP contribution is 2.28. The second kappa shape index (κ2) is 7.94. The summed E-state index contributed by atoms with van der Waals surface area (Å²) in [4.78, 5) is 6.60. The van der Waals surface area contributed by atoms with Gasteiger partial charge in [0.15, 0.2) is 5.75 Å². The molecular weight excluding hydrogens is 290 g/mol. The standard InChI is InChI=1S/C18H23N3O2/c19-9-5-11-21(12-15-6-2-1-3-7-15)13-16-14-22-17-8-4-10-20-18(17)23-16/h1-4,6-8,10,16H,5,9,11-14,19H2/t16-/m0/s1. The van der Waals surface area contributed by atoms with E-state index >= 15 is 0 Å². The molecule has 0 saturated carbocycles. The molecule has 0 aliphatic carbocycles. The van der Waals surface area contributed by atoms with Crippen LogP contribution in [-0.2, 0) is 6.54 Å². The first-order valence-corrected chi connectivity index (χ1v) is 8.06. The summed E-state index contributed by atoms with van der Waals surface area (Å²) in [5, 5.41) is 0. The Morgan fingerprint density at radius 1 is 1.17 bits per heavy atom. The molecule has 0 spiro atoms. The molecule has 1 atom stereocenters. The number of nitrogens with two attached hydrogens (primary N) is 1. The summed E-state index contributed by atoms with van der Waals surface area (Å²) in [5.41, 5.74) is 6.97. The Morgan fingerprint density at radius 2 is 2.04 bits per heavy atom. The van der Waals surface area contributed by atoms with Crippen LogP contribution in [0.25, 0.3) is 0 Å². The Morgan fingerprint density at radius 3 is 2.87 bits per heavy atom. The number of ether oxygens (including phenoxy) is 2. The lowest BCUT2D eigenvalue weighted by molar-refractivity contribution is 0.0516. The van der Waals surface area contributed by atoms with Gasteiger partial charge in [-0.3, -0.25) is 4.90 Å². The number of rotatable bonds is 7. The van der Waals surface area contributed by atoms with E-state index in [4.69, 9.17) is 15.2 Å². The number of fused-ring (bicyclic) bond motifs is 1. The van der Waals surface area contributed by atoms with Gasteiger partial charge in [0.25, 0.3) is 5.88 Å². The Balaban J connectivity index is 1.62. The average Bonchev–Trinajstić information content (AvgIpc) is 2.60. The molecule has 122 valence electrons. The summed E-state index contributed by atoms with van der Waals surface area (Å²) in [7, 11) is 0. The van der Waals surface area contributed by atoms with Crippen molar-refractivity contribution in [3.8, 4) is 11.6 Å². The predicted molar refractivity (Wildman–Crippen MR) is 89.5 cm³/mol. The van der Waals surface area contributed by atoms with Gasteiger partial charge in [-0.1, -0.05) is 30.3 Å². The largest absolute Gasteiger partial charge is 0.484 e. The normalized spacial score (nSPS) is 16.5. The number of pyridine rings is 1. The van der Waals surface area contributed by atoms with Crippen LogP contribution in [0.1, 0.15) is 12.0 Å². The maximum atomic E-state index is 5.97. The van der Waals surface area contributed by atoms with Crippen molar-refractivity contribution in [3.05, 3.63) is 54.2 Å². The summed E-state index contributed by atoms with van der Waals surface area (Å²) in [6, 6.07) is 14.2. The number of benzene rings is 1. The minimum Gasteiger partial charge on any atom is -0.484 e. The van der Waals surface area contributed by atoms with E-state index in [1.807, 2.05) is 18.2 Å². The van der Waals surface area contributed by atoms with Gasteiger partial charge in [-0.2, -0.15) is 0 Å². The van der Waals surface area contributed by atoms with Gasteiger partial charge in [-0.15, -0.1) is 0 Å². The third-order valence-electron chi connectivity index (χ3n) is 3.83. The van der Waals surface area contributed by atoms with Gasteiger partial charge >= 0.3 is 0 Å². The van der Waals surface area contributed by atoms with E-state index < -0.39 is 0 Å². The van der Waals surface area contributed by atoms with Gasteiger partial charge < -0.3 is 15.2 Å². The molecule has 2 aromatic rings. The smallest absolute Gasteiger partial charge is 0.257 e. The number of hydrogen-bond donors (Lipinski definition) is 1. The molecule has 0 fully saturated rings. The SMILES string of the molecule is NCCCN(Cc1ccccc1)C[C@H]1COc2cccnc2O1. The second-order valence-corrected chi connectivity index (χ2v) is 5.72. The monoisotopic (exact) mass is 313 g/mol. The van der Waals surface area contributed by atoms with Crippen LogP contribution in [0.3, 0.4) is 0 Å². The van der Waals surface area contributed by atoms with E-state index in [0.717, 1.165) is 31.8 Å². The summed E-state index contributed by atoms with van der Waals surface area (Å²) in [5.74, 6) is 1.31. The van der Waals surface area contributed by atoms with Crippen molar-refractivity contribution in [1.82, 2.24) is 9.88 Å². The van der Waals surface area contributed by atoms with E-state index in [1.165, 1.54) is 5.56 Å². The quantitative estimate of drug-likeness (QED) is 0.848. The van der Waals surface area contributed by atoms with E-state index in [0.29, 0.717) is 19.0 Å². The summed E-state index contributed by atoms with van der Waals surface area (Å²) >= 11 is 0. The van der Waals surface area contributed by atoms with Gasteiger partial charge in [0.2, 0.25) is 0 Å². The van der Waals surface area contributed by atoms with Crippen LogP contribution in [0.2, 0.25) is 0 Å². The van der Waals surface area contributed by atoms with Gasteiger partial charge in [-0.25, -0.2) is 4.98 Å². The van der Waals surface area contributed by atoms with Crippen molar-refractivity contribution >= 4 is 0 Å². The summed E-state index contributed by atoms with van der Waals surface area (Å²) < 4.78 is 11.7. The second-order valence-electron chi connectivity index (χ2n) is 5.72. The lowest BCUT2D eigenvalue weighted by atomic mass is 10.2. The molecule has 5 nitrogen and oxygen atoms in total. The first-order chi connectivity index (χ1) is 11.3. The van der Waals surface area contributed by atoms with Crippen LogP contribution in [-0.4, -0.2) is 42.2 Å². The predicted octanol–water partition coefficient (Wildman–Crippen LogP) is 2.07. The fourth-order valence-corrected chi connectivity index (χ4v) is 2.72. The Kier molecular flexibility index (Phi) is 5.45. The van der Waals surface area contributed by atoms with Crippen molar-refractivity contribution in [1.29, 1.82) is 0 Å². The Bertz CT molecular complexity index is 606. The molecule has 2 N–H and O–H groups in total. The zero-order chi connectivity index (χ0) is 15.9. The fourth-order valence-electron chi connectivity index (χ4n) is 2.72. The Labute approximate surface area is 137 Å². The third kappa shape index (κ3) is 4.43. The molecule has 0 unspecified atom stereocenters. The summed E-state index contributed by atoms with van der Waals surface area (Å²) in [6.45, 7) is 3.87. The molecule has 1 aliphatic heterocycles. The van der Waals surface area contributed by atoms with Gasteiger partial charge in [-0.05, 0) is 37.2 Å². The lowest BCUT2D eigenvalue weighted by Crippen LogP contribution is -2.41. The third-order valence-corrected chi connectivity index (χ3v) is 3.83. The molecule has 1 aromatic heterocycles. The molecule has 0 bridgehead atoms. The maximum Gasteiger partial charge on any atom is 0.257 e. The number of hydrogen-bond acceptors (Lipinski definition) is 5. The van der Waals surface area contributed by atoms with Crippen LogP contribution in [0.5, 0.6) is 11.6 Å². The average molecular weight is 313 g/mol. The lowest BCUT2D eigenvalue weighted by Gasteiger charge is -2.30. The zero-order valence-corrected chi connectivity index (χ0v) is 13.2. The van der Waals surface area contributed by atoms with Crippen LogP contribution in [0.15, 0.2) is 48.7 Å². The highest BCUT2D eigenvalue weighted by atomic mass is 16.6. The topological polar surface area (TPSA) is 60.6 Å². The summed E-state index contributed by atoms with van der Waals surface area (Å²) in [6.07, 6.45) is 2.68. The van der Waals surface area contributed by atoms with Crippen LogP contribution in [0, 0.1) is 0 Å². The molecular formula is C18H23N3O2. The fraction of sp³-hybridized carbons (Fsp3) is 0.389. The molecule has 3 rings (SSSR count). The Hall–Kier alpha value is -2.11. The molecule has 1 aliphatic rings. The molecule has 23 heavy (non-hydrogen) atoms. The van der Waals surface area contributed by atoms with Crippen molar-refractivity contribution in [3.63, 3.8) is 0 Å². The van der Waals surface area contributed by atoms with E-state index in [1.54, 1.807) is 6.20 Å². The van der Waals surface area contributed by atoms with Crippen LogP contribution in [0.4, 0.5) is 0 Å². The van der Waals surface area contributed by atoms with Crippen LogP contribution < -0.4 is 15.2 Å². The first-order valence-electron chi connectivity index (χ1n) is 8.06. The van der Waals surface area contributed by atoms with Crippen LogP contribution >= 0.6 is 0 Å². The molecule has 5 heteroatoms. The van der Waals surface area contributed by atoms with E-state index in [2.05, 4.69) is 34.1 Å².